The molecule has 4 aromatic rings. The third-order valence-electron chi connectivity index (χ3n) is 5.41. The van der Waals surface area contributed by atoms with Gasteiger partial charge in [-0.1, -0.05) is 24.3 Å². The van der Waals surface area contributed by atoms with Crippen molar-refractivity contribution in [1.29, 1.82) is 0 Å². The second-order valence-corrected chi connectivity index (χ2v) is 8.44. The van der Waals surface area contributed by atoms with Crippen LogP contribution in [0.5, 0.6) is 23.3 Å². The van der Waals surface area contributed by atoms with Crippen LogP contribution in [-0.2, 0) is 17.6 Å². The number of aliphatic carboxylic acids is 1. The van der Waals surface area contributed by atoms with Crippen molar-refractivity contribution in [2.24, 2.45) is 0 Å². The first-order valence-electron chi connectivity index (χ1n) is 12.3. The van der Waals surface area contributed by atoms with Crippen LogP contribution in [0.3, 0.4) is 0 Å². The van der Waals surface area contributed by atoms with Gasteiger partial charge in [-0.05, 0) is 54.7 Å². The van der Waals surface area contributed by atoms with E-state index in [2.05, 4.69) is 9.97 Å². The second-order valence-electron chi connectivity index (χ2n) is 8.44. The standard InChI is InChI=1S/C14H12N2O5.C14H14N2O4/c17-14(18)8-3-10-1-5-12(6-2-10)21-13-7-4-11(9-15-13)16(19)20;17-9-1-2-11-3-6-13(7-4-11)20-14-8-5-12(10-15-14)16(18)19/h1-2,4-7,9H,3,8H2,(H,17,18);3-8,10,17H,1-2,9H2. The lowest BCUT2D eigenvalue weighted by atomic mass is 10.1. The molecule has 0 bridgehead atoms. The third kappa shape index (κ3) is 10.3. The van der Waals surface area contributed by atoms with Crippen LogP contribution in [0.15, 0.2) is 85.2 Å². The molecule has 0 unspecified atom stereocenters. The van der Waals surface area contributed by atoms with Gasteiger partial charge in [-0.25, -0.2) is 9.97 Å². The van der Waals surface area contributed by atoms with Crippen LogP contribution < -0.4 is 9.47 Å². The zero-order chi connectivity index (χ0) is 29.6. The summed E-state index contributed by atoms with van der Waals surface area (Å²) >= 11 is 0. The topological polar surface area (TPSA) is 188 Å². The summed E-state index contributed by atoms with van der Waals surface area (Å²) in [5, 5.41) is 38.4. The number of carboxylic acids is 1. The molecule has 2 aromatic carbocycles. The lowest BCUT2D eigenvalue weighted by Gasteiger charge is -2.05. The van der Waals surface area contributed by atoms with Crippen molar-refractivity contribution < 1.29 is 34.3 Å². The Morgan fingerprint density at radius 1 is 0.707 bits per heavy atom. The first-order valence-corrected chi connectivity index (χ1v) is 12.3. The van der Waals surface area contributed by atoms with Gasteiger partial charge in [0.15, 0.2) is 0 Å². The number of carboxylic acid groups (broad SMARTS) is 1. The van der Waals surface area contributed by atoms with Crippen molar-refractivity contribution in [2.75, 3.05) is 6.61 Å². The fraction of sp³-hybridized carbons (Fsp3) is 0.179. The number of rotatable bonds is 12. The molecule has 0 radical (unpaired) electrons. The van der Waals surface area contributed by atoms with E-state index in [9.17, 15) is 25.0 Å². The number of hydrogen-bond donors (Lipinski definition) is 2. The molecule has 0 amide bonds. The van der Waals surface area contributed by atoms with Gasteiger partial charge in [0.05, 0.1) is 9.85 Å². The van der Waals surface area contributed by atoms with E-state index in [0.29, 0.717) is 23.8 Å². The van der Waals surface area contributed by atoms with Gasteiger partial charge in [0.1, 0.15) is 23.9 Å². The Bertz CT molecular complexity index is 1430. The Balaban J connectivity index is 0.000000226. The number of hydrogen-bond acceptors (Lipinski definition) is 10. The Kier molecular flexibility index (Phi) is 11.2. The van der Waals surface area contributed by atoms with Gasteiger partial charge in [-0.2, -0.15) is 0 Å². The number of ether oxygens (including phenoxy) is 2. The van der Waals surface area contributed by atoms with Gasteiger partial charge >= 0.3 is 5.97 Å². The molecule has 41 heavy (non-hydrogen) atoms. The number of nitrogens with zero attached hydrogens (tertiary/aromatic N) is 4. The molecule has 13 heteroatoms. The monoisotopic (exact) mass is 562 g/mol. The van der Waals surface area contributed by atoms with E-state index in [1.165, 1.54) is 24.3 Å². The summed E-state index contributed by atoms with van der Waals surface area (Å²) in [5.74, 6) is 0.845. The Hall–Kier alpha value is -5.43. The normalized spacial score (nSPS) is 10.2. The molecule has 0 aliphatic rings. The zero-order valence-corrected chi connectivity index (χ0v) is 21.7. The minimum Gasteiger partial charge on any atom is -0.481 e. The van der Waals surface area contributed by atoms with E-state index < -0.39 is 15.8 Å². The van der Waals surface area contributed by atoms with E-state index in [0.717, 1.165) is 36.4 Å². The van der Waals surface area contributed by atoms with Crippen molar-refractivity contribution >= 4 is 17.3 Å². The fourth-order valence-corrected chi connectivity index (χ4v) is 3.31. The van der Waals surface area contributed by atoms with Crippen LogP contribution in [0.25, 0.3) is 0 Å². The van der Waals surface area contributed by atoms with Crippen LogP contribution in [0.4, 0.5) is 11.4 Å². The quantitative estimate of drug-likeness (QED) is 0.164. The highest BCUT2D eigenvalue weighted by Crippen LogP contribution is 2.23. The summed E-state index contributed by atoms with van der Waals surface area (Å²) in [6.45, 7) is 0.172. The Labute approximate surface area is 234 Å². The van der Waals surface area contributed by atoms with Crippen molar-refractivity contribution in [2.45, 2.75) is 25.7 Å². The molecule has 0 atom stereocenters. The number of aliphatic hydroxyl groups excluding tert-OH is 1. The molecule has 212 valence electrons. The van der Waals surface area contributed by atoms with Crippen LogP contribution >= 0.6 is 0 Å². The van der Waals surface area contributed by atoms with Crippen LogP contribution in [0.1, 0.15) is 24.0 Å². The smallest absolute Gasteiger partial charge is 0.303 e. The lowest BCUT2D eigenvalue weighted by Crippen LogP contribution is -1.97. The maximum Gasteiger partial charge on any atom is 0.303 e. The summed E-state index contributed by atoms with van der Waals surface area (Å²) in [7, 11) is 0. The molecule has 13 nitrogen and oxygen atoms in total. The molecule has 4 rings (SSSR count). The molecule has 2 heterocycles. The van der Waals surface area contributed by atoms with Crippen molar-refractivity contribution in [1.82, 2.24) is 9.97 Å². The van der Waals surface area contributed by atoms with Crippen LogP contribution in [0, 0.1) is 20.2 Å². The predicted octanol–water partition coefficient (Wildman–Crippen LogP) is 5.51. The Morgan fingerprint density at radius 3 is 1.49 bits per heavy atom. The molecular formula is C28H26N4O9. The minimum absolute atomic E-state index is 0.0725. The van der Waals surface area contributed by atoms with Crippen molar-refractivity contribution in [3.05, 3.63) is 117 Å². The molecule has 0 saturated heterocycles. The van der Waals surface area contributed by atoms with Gasteiger partial charge in [0.2, 0.25) is 11.8 Å². The van der Waals surface area contributed by atoms with Gasteiger partial charge in [0, 0.05) is 37.3 Å². The number of aromatic nitrogens is 2. The number of aryl methyl sites for hydroxylation is 2. The number of pyridine rings is 2. The molecule has 2 N–H and O–H groups in total. The van der Waals surface area contributed by atoms with E-state index >= 15 is 0 Å². The maximum atomic E-state index is 10.5. The zero-order valence-electron chi connectivity index (χ0n) is 21.7. The summed E-state index contributed by atoms with van der Waals surface area (Å²) in [5.41, 5.74) is 1.83. The number of aliphatic hydroxyl groups is 1. The van der Waals surface area contributed by atoms with Gasteiger partial charge < -0.3 is 19.7 Å². The average Bonchev–Trinajstić information content (AvgIpc) is 2.97. The molecule has 2 aromatic heterocycles. The molecule has 0 spiro atoms. The highest BCUT2D eigenvalue weighted by Gasteiger charge is 2.08. The average molecular weight is 563 g/mol. The molecular weight excluding hydrogens is 536 g/mol. The third-order valence-corrected chi connectivity index (χ3v) is 5.41. The molecule has 0 aliphatic carbocycles. The summed E-state index contributed by atoms with van der Waals surface area (Å²) < 4.78 is 10.9. The fourth-order valence-electron chi connectivity index (χ4n) is 3.31. The second kappa shape index (κ2) is 15.2. The largest absolute Gasteiger partial charge is 0.481 e. The van der Waals surface area contributed by atoms with Gasteiger partial charge in [-0.3, -0.25) is 25.0 Å². The lowest BCUT2D eigenvalue weighted by molar-refractivity contribution is -0.385. The molecule has 0 saturated carbocycles. The first kappa shape index (κ1) is 30.1. The molecule has 0 aliphatic heterocycles. The number of nitro groups is 2. The van der Waals surface area contributed by atoms with Crippen LogP contribution in [0.2, 0.25) is 0 Å². The van der Waals surface area contributed by atoms with Crippen molar-refractivity contribution in [3.63, 3.8) is 0 Å². The van der Waals surface area contributed by atoms with Gasteiger partial charge in [-0.15, -0.1) is 0 Å². The van der Waals surface area contributed by atoms with E-state index in [1.54, 1.807) is 36.4 Å². The maximum absolute atomic E-state index is 10.5. The van der Waals surface area contributed by atoms with E-state index in [-0.39, 0.29) is 30.3 Å². The number of carbonyl (C=O) groups is 1. The van der Waals surface area contributed by atoms with Crippen LogP contribution in [-0.4, -0.2) is 42.6 Å². The highest BCUT2D eigenvalue weighted by atomic mass is 16.6. The summed E-state index contributed by atoms with van der Waals surface area (Å²) in [6.07, 6.45) is 4.34. The van der Waals surface area contributed by atoms with Crippen molar-refractivity contribution in [3.8, 4) is 23.3 Å². The van der Waals surface area contributed by atoms with Gasteiger partial charge in [0.25, 0.3) is 11.4 Å². The van der Waals surface area contributed by atoms with E-state index in [4.69, 9.17) is 19.7 Å². The minimum atomic E-state index is -0.842. The summed E-state index contributed by atoms with van der Waals surface area (Å²) in [4.78, 5) is 38.1. The molecule has 0 fully saturated rings. The SMILES string of the molecule is O=C(O)CCc1ccc(Oc2ccc([N+](=O)[O-])cn2)cc1.O=[N+]([O-])c1ccc(Oc2ccc(CCCO)cc2)nc1. The summed E-state index contributed by atoms with van der Waals surface area (Å²) in [6, 6.07) is 19.9. The first-order chi connectivity index (χ1) is 19.7. The highest BCUT2D eigenvalue weighted by molar-refractivity contribution is 5.67. The van der Waals surface area contributed by atoms with E-state index in [1.807, 2.05) is 12.1 Å². The predicted molar refractivity (Wildman–Crippen MR) is 146 cm³/mol. The Morgan fingerprint density at radius 2 is 1.15 bits per heavy atom. The number of benzene rings is 2.